The van der Waals surface area contributed by atoms with Crippen molar-refractivity contribution in [3.63, 3.8) is 0 Å². The molecule has 3 rings (SSSR count). The summed E-state index contributed by atoms with van der Waals surface area (Å²) in [6, 6.07) is 1.79. The van der Waals surface area contributed by atoms with Gasteiger partial charge in [0.1, 0.15) is 5.02 Å². The van der Waals surface area contributed by atoms with E-state index < -0.39 is 11.2 Å². The molecule has 0 saturated heterocycles. The fraction of sp³-hybridized carbons (Fsp3) is 0.375. The highest BCUT2D eigenvalue weighted by Gasteiger charge is 2.17. The van der Waals surface area contributed by atoms with Crippen molar-refractivity contribution >= 4 is 34.4 Å². The summed E-state index contributed by atoms with van der Waals surface area (Å²) in [5, 5.41) is 0.758. The smallest absolute Gasteiger partial charge is 0.332 e. The van der Waals surface area contributed by atoms with Crippen molar-refractivity contribution in [1.82, 2.24) is 23.7 Å². The molecule has 11 heteroatoms. The number of fused-ring (bicyclic) bond motifs is 1. The molecule has 0 N–H and O–H groups in total. The summed E-state index contributed by atoms with van der Waals surface area (Å²) < 4.78 is 15.0. The van der Waals surface area contributed by atoms with E-state index in [0.717, 1.165) is 4.57 Å². The average molecular weight is 414 g/mol. The fourth-order valence-corrected chi connectivity index (χ4v) is 2.96. The summed E-state index contributed by atoms with van der Waals surface area (Å²) >= 11 is 11.8. The Kier molecular flexibility index (Phi) is 5.43. The number of rotatable bonds is 6. The predicted molar refractivity (Wildman–Crippen MR) is 101 cm³/mol. The highest BCUT2D eigenvalue weighted by molar-refractivity contribution is 6.35. The molecule has 144 valence electrons. The van der Waals surface area contributed by atoms with Crippen LogP contribution in [0.4, 0.5) is 0 Å². The Bertz CT molecular complexity index is 1120. The van der Waals surface area contributed by atoms with Crippen LogP contribution in [-0.2, 0) is 21.1 Å². The lowest BCUT2D eigenvalue weighted by atomic mass is 10.4. The van der Waals surface area contributed by atoms with E-state index in [2.05, 4.69) is 9.97 Å². The maximum atomic E-state index is 12.3. The first-order chi connectivity index (χ1) is 12.8. The number of pyridine rings is 1. The molecule has 0 fully saturated rings. The average Bonchev–Trinajstić information content (AvgIpc) is 2.96. The second kappa shape index (κ2) is 7.61. The molecule has 9 nitrogen and oxygen atoms in total. The van der Waals surface area contributed by atoms with Gasteiger partial charge in [0.15, 0.2) is 11.2 Å². The standard InChI is InChI=1S/C16H17Cl2N5O4/c1-21-11-12(22(2)16(25)23(3)14(11)24)20-15(21)27-6-4-5-26-13-10(18)7-9(17)8-19-13/h7-8H,4-6H2,1-3H3. The molecule has 0 bridgehead atoms. The number of hydrogen-bond donors (Lipinski definition) is 0. The normalized spacial score (nSPS) is 11.1. The summed E-state index contributed by atoms with van der Waals surface area (Å²) in [5.74, 6) is 0.294. The van der Waals surface area contributed by atoms with Gasteiger partial charge in [0.25, 0.3) is 11.6 Å². The minimum Gasteiger partial charge on any atom is -0.476 e. The Hall–Kier alpha value is -2.52. The van der Waals surface area contributed by atoms with E-state index in [-0.39, 0.29) is 18.3 Å². The number of aromatic nitrogens is 5. The van der Waals surface area contributed by atoms with Crippen LogP contribution in [0, 0.1) is 0 Å². The number of imidazole rings is 1. The number of halogens is 2. The zero-order valence-electron chi connectivity index (χ0n) is 14.9. The third-order valence-corrected chi connectivity index (χ3v) is 4.44. The third kappa shape index (κ3) is 3.65. The molecule has 0 saturated carbocycles. The fourth-order valence-electron chi connectivity index (χ4n) is 2.53. The van der Waals surface area contributed by atoms with Gasteiger partial charge >= 0.3 is 5.69 Å². The van der Waals surface area contributed by atoms with E-state index in [9.17, 15) is 9.59 Å². The Morgan fingerprint density at radius 3 is 2.44 bits per heavy atom. The van der Waals surface area contributed by atoms with Gasteiger partial charge in [-0.05, 0) is 6.07 Å². The molecule has 3 aromatic heterocycles. The Balaban J connectivity index is 1.67. The highest BCUT2D eigenvalue weighted by Crippen LogP contribution is 2.24. The van der Waals surface area contributed by atoms with Crippen molar-refractivity contribution < 1.29 is 9.47 Å². The van der Waals surface area contributed by atoms with Crippen LogP contribution in [0.3, 0.4) is 0 Å². The van der Waals surface area contributed by atoms with Gasteiger partial charge < -0.3 is 9.47 Å². The number of hydrogen-bond acceptors (Lipinski definition) is 6. The zero-order chi connectivity index (χ0) is 19.7. The number of ether oxygens (including phenoxy) is 2. The number of aryl methyl sites for hydroxylation is 2. The molecular weight excluding hydrogens is 397 g/mol. The maximum Gasteiger partial charge on any atom is 0.332 e. The Morgan fingerprint density at radius 2 is 1.74 bits per heavy atom. The van der Waals surface area contributed by atoms with Crippen LogP contribution < -0.4 is 20.7 Å². The first-order valence-electron chi connectivity index (χ1n) is 8.00. The van der Waals surface area contributed by atoms with Gasteiger partial charge in [0, 0.05) is 33.8 Å². The van der Waals surface area contributed by atoms with Gasteiger partial charge in [0.05, 0.1) is 18.2 Å². The quantitative estimate of drug-likeness (QED) is 0.568. The van der Waals surface area contributed by atoms with Crippen molar-refractivity contribution in [2.24, 2.45) is 21.1 Å². The molecule has 0 unspecified atom stereocenters. The van der Waals surface area contributed by atoms with E-state index in [1.807, 2.05) is 0 Å². The second-order valence-corrected chi connectivity index (χ2v) is 6.67. The SMILES string of the molecule is Cn1c(=O)c2c(nc(OCCCOc3ncc(Cl)cc3Cl)n2C)n(C)c1=O. The van der Waals surface area contributed by atoms with Gasteiger partial charge in [-0.25, -0.2) is 9.78 Å². The molecule has 3 aromatic rings. The van der Waals surface area contributed by atoms with Gasteiger partial charge in [0.2, 0.25) is 5.88 Å². The molecule has 0 atom stereocenters. The lowest BCUT2D eigenvalue weighted by molar-refractivity contribution is 0.228. The molecule has 27 heavy (non-hydrogen) atoms. The first kappa shape index (κ1) is 19.2. The van der Waals surface area contributed by atoms with Crippen LogP contribution in [0.1, 0.15) is 6.42 Å². The maximum absolute atomic E-state index is 12.3. The summed E-state index contributed by atoms with van der Waals surface area (Å²) in [7, 11) is 4.63. The van der Waals surface area contributed by atoms with Crippen molar-refractivity contribution in [2.75, 3.05) is 13.2 Å². The molecule has 0 aliphatic heterocycles. The van der Waals surface area contributed by atoms with E-state index in [4.69, 9.17) is 32.7 Å². The van der Waals surface area contributed by atoms with E-state index in [0.29, 0.717) is 34.5 Å². The molecule has 0 aromatic carbocycles. The van der Waals surface area contributed by atoms with Gasteiger partial charge in [-0.2, -0.15) is 4.98 Å². The minimum absolute atomic E-state index is 0.242. The van der Waals surface area contributed by atoms with Crippen LogP contribution in [-0.4, -0.2) is 36.9 Å². The van der Waals surface area contributed by atoms with Crippen molar-refractivity contribution in [3.8, 4) is 11.9 Å². The van der Waals surface area contributed by atoms with Crippen molar-refractivity contribution in [1.29, 1.82) is 0 Å². The predicted octanol–water partition coefficient (Wildman–Crippen LogP) is 1.52. The van der Waals surface area contributed by atoms with Gasteiger partial charge in [-0.3, -0.25) is 18.5 Å². The first-order valence-corrected chi connectivity index (χ1v) is 8.76. The monoisotopic (exact) mass is 413 g/mol. The summed E-state index contributed by atoms with van der Waals surface area (Å²) in [6.45, 7) is 0.606. The summed E-state index contributed by atoms with van der Waals surface area (Å²) in [5.41, 5.74) is -0.306. The van der Waals surface area contributed by atoms with Crippen LogP contribution in [0.5, 0.6) is 11.9 Å². The third-order valence-electron chi connectivity index (χ3n) is 3.97. The molecule has 0 radical (unpaired) electrons. The lowest BCUT2D eigenvalue weighted by Gasteiger charge is -2.08. The Labute approximate surface area is 163 Å². The second-order valence-electron chi connectivity index (χ2n) is 5.82. The molecular formula is C16H17Cl2N5O4. The lowest BCUT2D eigenvalue weighted by Crippen LogP contribution is -2.37. The van der Waals surface area contributed by atoms with Crippen LogP contribution >= 0.6 is 23.2 Å². The van der Waals surface area contributed by atoms with Crippen LogP contribution in [0.25, 0.3) is 11.2 Å². The molecule has 0 aliphatic rings. The van der Waals surface area contributed by atoms with E-state index in [1.54, 1.807) is 20.2 Å². The minimum atomic E-state index is -0.446. The molecule has 0 amide bonds. The molecule has 0 spiro atoms. The van der Waals surface area contributed by atoms with Crippen molar-refractivity contribution in [2.45, 2.75) is 6.42 Å². The zero-order valence-corrected chi connectivity index (χ0v) is 16.4. The Morgan fingerprint density at radius 1 is 1.04 bits per heavy atom. The van der Waals surface area contributed by atoms with Crippen LogP contribution in [0.15, 0.2) is 21.9 Å². The molecule has 3 heterocycles. The van der Waals surface area contributed by atoms with Gasteiger partial charge in [-0.1, -0.05) is 23.2 Å². The van der Waals surface area contributed by atoms with Crippen LogP contribution in [0.2, 0.25) is 10.0 Å². The van der Waals surface area contributed by atoms with Gasteiger partial charge in [-0.15, -0.1) is 0 Å². The van der Waals surface area contributed by atoms with E-state index in [1.165, 1.54) is 22.4 Å². The number of nitrogens with zero attached hydrogens (tertiary/aromatic N) is 5. The summed E-state index contributed by atoms with van der Waals surface area (Å²) in [4.78, 5) is 32.6. The highest BCUT2D eigenvalue weighted by atomic mass is 35.5. The topological polar surface area (TPSA) is 93.2 Å². The van der Waals surface area contributed by atoms with Crippen molar-refractivity contribution in [3.05, 3.63) is 43.1 Å². The molecule has 0 aliphatic carbocycles. The van der Waals surface area contributed by atoms with E-state index >= 15 is 0 Å². The largest absolute Gasteiger partial charge is 0.476 e. The summed E-state index contributed by atoms with van der Waals surface area (Å²) in [6.07, 6.45) is 1.98.